The fourth-order valence-electron chi connectivity index (χ4n) is 4.25. The van der Waals surface area contributed by atoms with Crippen molar-refractivity contribution in [3.8, 4) is 0 Å². The first-order chi connectivity index (χ1) is 19.0. The third-order valence-corrected chi connectivity index (χ3v) is 6.44. The van der Waals surface area contributed by atoms with Crippen LogP contribution in [0.3, 0.4) is 0 Å². The quantitative estimate of drug-likeness (QED) is 0.169. The Labute approximate surface area is 235 Å². The average Bonchev–Trinajstić information content (AvgIpc) is 2.87. The maximum Gasteiger partial charge on any atom is 0.416 e. The molecule has 0 bridgehead atoms. The first-order valence-electron chi connectivity index (χ1n) is 12.5. The molecule has 0 saturated heterocycles. The van der Waals surface area contributed by atoms with E-state index in [2.05, 4.69) is 9.97 Å². The molecule has 0 N–H and O–H groups in total. The highest BCUT2D eigenvalue weighted by Gasteiger charge is 2.37. The molecule has 2 aromatic carbocycles. The van der Waals surface area contributed by atoms with Gasteiger partial charge < -0.3 is 9.80 Å². The number of unbranched alkanes of at least 4 members (excludes halogenated alkanes) is 1. The third kappa shape index (κ3) is 8.64. The Morgan fingerprint density at radius 3 is 1.83 bits per heavy atom. The second-order valence-corrected chi connectivity index (χ2v) is 9.63. The Hall–Kier alpha value is -3.22. The monoisotopic (exact) mass is 612 g/mol. The minimum absolute atomic E-state index is 0.00376. The van der Waals surface area contributed by atoms with Crippen molar-refractivity contribution in [2.24, 2.45) is 0 Å². The van der Waals surface area contributed by atoms with Crippen LogP contribution in [0.1, 0.15) is 54.5 Å². The number of benzene rings is 2. The summed E-state index contributed by atoms with van der Waals surface area (Å²) in [6.45, 7) is 3.84. The number of hydrogen-bond acceptors (Lipinski definition) is 4. The maximum atomic E-state index is 13.7. The van der Waals surface area contributed by atoms with Crippen LogP contribution in [-0.2, 0) is 31.6 Å². The molecule has 0 spiro atoms. The van der Waals surface area contributed by atoms with Crippen LogP contribution in [0.15, 0.2) is 48.8 Å². The summed E-state index contributed by atoms with van der Waals surface area (Å²) >= 11 is 5.98. The summed E-state index contributed by atoms with van der Waals surface area (Å²) in [6, 6.07) is 5.54. The van der Waals surface area contributed by atoms with Crippen LogP contribution in [0.4, 0.5) is 51.0 Å². The van der Waals surface area contributed by atoms with Crippen molar-refractivity contribution in [3.05, 3.63) is 81.8 Å². The lowest BCUT2D eigenvalue weighted by atomic mass is 10.0. The number of halogens is 10. The first kappa shape index (κ1) is 32.3. The van der Waals surface area contributed by atoms with Gasteiger partial charge in [0.25, 0.3) is 0 Å². The molecular formula is C27H26ClF9N4. The SMILES string of the molecule is CCCCN(CC)c1ccc(C(F)(F)F)cc1CN(Cc1cc(C(F)(F)F)cc(C(F)(F)F)c1)c1cc(Cl)ncn1. The van der Waals surface area contributed by atoms with Gasteiger partial charge in [-0.1, -0.05) is 24.9 Å². The van der Waals surface area contributed by atoms with Gasteiger partial charge in [-0.15, -0.1) is 0 Å². The van der Waals surface area contributed by atoms with Gasteiger partial charge in [0.15, 0.2) is 0 Å². The third-order valence-electron chi connectivity index (χ3n) is 6.24. The summed E-state index contributed by atoms with van der Waals surface area (Å²) < 4.78 is 122. The predicted molar refractivity (Wildman–Crippen MR) is 138 cm³/mol. The Morgan fingerprint density at radius 2 is 1.32 bits per heavy atom. The van der Waals surface area contributed by atoms with Crippen molar-refractivity contribution >= 4 is 23.1 Å². The molecule has 0 saturated carbocycles. The normalized spacial score (nSPS) is 12.5. The van der Waals surface area contributed by atoms with Crippen LogP contribution >= 0.6 is 11.6 Å². The molecule has 0 radical (unpaired) electrons. The molecule has 41 heavy (non-hydrogen) atoms. The van der Waals surface area contributed by atoms with Crippen molar-refractivity contribution in [2.75, 3.05) is 22.9 Å². The largest absolute Gasteiger partial charge is 0.416 e. The molecular weight excluding hydrogens is 587 g/mol. The van der Waals surface area contributed by atoms with Crippen LogP contribution in [0.25, 0.3) is 0 Å². The minimum atomic E-state index is -5.08. The summed E-state index contributed by atoms with van der Waals surface area (Å²) in [5.41, 5.74) is -3.77. The molecule has 3 rings (SSSR count). The second-order valence-electron chi connectivity index (χ2n) is 9.24. The van der Waals surface area contributed by atoms with Crippen molar-refractivity contribution in [1.82, 2.24) is 9.97 Å². The van der Waals surface area contributed by atoms with Crippen molar-refractivity contribution < 1.29 is 39.5 Å². The standard InChI is InChI=1S/C27H26ClF9N4/c1-3-5-8-40(4-2)22-7-6-19(25(29,30)31)11-18(22)15-41(24-13-23(28)38-16-39-24)14-17-9-20(26(32,33)34)12-21(10-17)27(35,36)37/h6-7,9-13,16H,3-5,8,14-15H2,1-2H3. The molecule has 224 valence electrons. The summed E-state index contributed by atoms with van der Waals surface area (Å²) in [5.74, 6) is -0.00376. The van der Waals surface area contributed by atoms with Crippen LogP contribution < -0.4 is 9.80 Å². The summed E-state index contributed by atoms with van der Waals surface area (Å²) in [7, 11) is 0. The summed E-state index contributed by atoms with van der Waals surface area (Å²) in [5, 5.41) is -0.0811. The Bertz CT molecular complexity index is 1290. The number of anilines is 2. The van der Waals surface area contributed by atoms with Gasteiger partial charge >= 0.3 is 18.5 Å². The van der Waals surface area contributed by atoms with Crippen LogP contribution in [0.2, 0.25) is 5.15 Å². The highest BCUT2D eigenvalue weighted by molar-refractivity contribution is 6.29. The smallest absolute Gasteiger partial charge is 0.372 e. The molecule has 0 aliphatic rings. The summed E-state index contributed by atoms with van der Waals surface area (Å²) in [6.07, 6.45) is -12.3. The minimum Gasteiger partial charge on any atom is -0.372 e. The van der Waals surface area contributed by atoms with Crippen molar-refractivity contribution in [1.29, 1.82) is 0 Å². The molecule has 1 aromatic heterocycles. The first-order valence-corrected chi connectivity index (χ1v) is 12.9. The van der Waals surface area contributed by atoms with Crippen LogP contribution in [0.5, 0.6) is 0 Å². The fourth-order valence-corrected chi connectivity index (χ4v) is 4.39. The lowest BCUT2D eigenvalue weighted by Crippen LogP contribution is -2.29. The van der Waals surface area contributed by atoms with Gasteiger partial charge in [-0.05, 0) is 60.9 Å². The van der Waals surface area contributed by atoms with Gasteiger partial charge in [0.05, 0.1) is 16.7 Å². The molecule has 4 nitrogen and oxygen atoms in total. The average molecular weight is 613 g/mol. The van der Waals surface area contributed by atoms with E-state index in [4.69, 9.17) is 11.6 Å². The van der Waals surface area contributed by atoms with E-state index in [9.17, 15) is 39.5 Å². The van der Waals surface area contributed by atoms with Gasteiger partial charge in [0, 0.05) is 37.9 Å². The van der Waals surface area contributed by atoms with E-state index in [0.717, 1.165) is 31.3 Å². The van der Waals surface area contributed by atoms with Crippen LogP contribution in [0, 0.1) is 0 Å². The van der Waals surface area contributed by atoms with Gasteiger partial charge in [0.1, 0.15) is 17.3 Å². The second kappa shape index (κ2) is 12.7. The number of aromatic nitrogens is 2. The number of rotatable bonds is 10. The van der Waals surface area contributed by atoms with E-state index in [1.165, 1.54) is 17.0 Å². The highest BCUT2D eigenvalue weighted by atomic mass is 35.5. The van der Waals surface area contributed by atoms with Crippen molar-refractivity contribution in [2.45, 2.75) is 58.3 Å². The number of nitrogens with zero attached hydrogens (tertiary/aromatic N) is 4. The Kier molecular flexibility index (Phi) is 10.0. The van der Waals surface area contributed by atoms with Gasteiger partial charge in [-0.3, -0.25) is 0 Å². The number of alkyl halides is 9. The van der Waals surface area contributed by atoms with Crippen LogP contribution in [-0.4, -0.2) is 23.1 Å². The Morgan fingerprint density at radius 1 is 0.707 bits per heavy atom. The van der Waals surface area contributed by atoms with E-state index in [1.807, 2.05) is 18.7 Å². The molecule has 0 aliphatic heterocycles. The zero-order chi connectivity index (χ0) is 30.6. The fraction of sp³-hybridized carbons (Fsp3) is 0.407. The van der Waals surface area contributed by atoms with E-state index in [0.29, 0.717) is 30.9 Å². The van der Waals surface area contributed by atoms with E-state index < -0.39 is 41.8 Å². The van der Waals surface area contributed by atoms with E-state index in [1.54, 1.807) is 0 Å². The van der Waals surface area contributed by atoms with E-state index in [-0.39, 0.29) is 34.7 Å². The molecule has 0 atom stereocenters. The molecule has 14 heteroatoms. The zero-order valence-corrected chi connectivity index (χ0v) is 22.7. The molecule has 1 heterocycles. The zero-order valence-electron chi connectivity index (χ0n) is 21.9. The van der Waals surface area contributed by atoms with E-state index >= 15 is 0 Å². The molecule has 3 aromatic rings. The van der Waals surface area contributed by atoms with Crippen molar-refractivity contribution in [3.63, 3.8) is 0 Å². The molecule has 0 unspecified atom stereocenters. The maximum absolute atomic E-state index is 13.7. The van der Waals surface area contributed by atoms with Gasteiger partial charge in [-0.25, -0.2) is 9.97 Å². The lowest BCUT2D eigenvalue weighted by Gasteiger charge is -2.30. The molecule has 0 amide bonds. The predicted octanol–water partition coefficient (Wildman–Crippen LogP) is 9.02. The van der Waals surface area contributed by atoms with Gasteiger partial charge in [0.2, 0.25) is 0 Å². The van der Waals surface area contributed by atoms with Gasteiger partial charge in [-0.2, -0.15) is 39.5 Å². The lowest BCUT2D eigenvalue weighted by molar-refractivity contribution is -0.143. The Balaban J connectivity index is 2.17. The molecule has 0 aliphatic carbocycles. The number of hydrogen-bond donors (Lipinski definition) is 0. The highest BCUT2D eigenvalue weighted by Crippen LogP contribution is 2.38. The molecule has 0 fully saturated rings. The topological polar surface area (TPSA) is 32.3 Å². The summed E-state index contributed by atoms with van der Waals surface area (Å²) in [4.78, 5) is 10.9.